The van der Waals surface area contributed by atoms with Gasteiger partial charge in [0.2, 0.25) is 17.6 Å². The molecular weight excluding hydrogens is 284 g/mol. The zero-order chi connectivity index (χ0) is 15.8. The summed E-state index contributed by atoms with van der Waals surface area (Å²) in [7, 11) is 0. The van der Waals surface area contributed by atoms with Crippen LogP contribution in [0.3, 0.4) is 0 Å². The minimum Gasteiger partial charge on any atom is -0.396 e. The van der Waals surface area contributed by atoms with Crippen molar-refractivity contribution in [3.05, 3.63) is 30.3 Å². The predicted octanol–water partition coefficient (Wildman–Crippen LogP) is 1.34. The molecule has 0 bridgehead atoms. The molecule has 0 saturated carbocycles. The van der Waals surface area contributed by atoms with Crippen LogP contribution in [0.1, 0.15) is 32.1 Å². The molecule has 2 aromatic heterocycles. The summed E-state index contributed by atoms with van der Waals surface area (Å²) in [5.74, 6) is 0.772. The predicted molar refractivity (Wildman–Crippen MR) is 79.8 cm³/mol. The average Bonchev–Trinajstić information content (AvgIpc) is 3.01. The van der Waals surface area contributed by atoms with E-state index < -0.39 is 0 Å². The molecule has 7 nitrogen and oxygen atoms in total. The molecule has 2 heterocycles. The Morgan fingerprint density at radius 1 is 1.45 bits per heavy atom. The first-order valence-corrected chi connectivity index (χ1v) is 7.33. The van der Waals surface area contributed by atoms with Crippen molar-refractivity contribution >= 4 is 5.91 Å². The van der Waals surface area contributed by atoms with E-state index in [0.29, 0.717) is 30.3 Å². The van der Waals surface area contributed by atoms with Crippen LogP contribution in [0.5, 0.6) is 0 Å². The van der Waals surface area contributed by atoms with Crippen molar-refractivity contribution in [2.24, 2.45) is 0 Å². The van der Waals surface area contributed by atoms with Gasteiger partial charge in [-0.25, -0.2) is 0 Å². The lowest BCUT2D eigenvalue weighted by atomic mass is 10.2. The summed E-state index contributed by atoms with van der Waals surface area (Å²) in [6, 6.07) is 5.50. The lowest BCUT2D eigenvalue weighted by molar-refractivity contribution is -0.121. The number of aryl methyl sites for hydroxylation is 1. The molecule has 0 fully saturated rings. The molecule has 2 aromatic rings. The maximum absolute atomic E-state index is 11.8. The van der Waals surface area contributed by atoms with E-state index in [2.05, 4.69) is 20.4 Å². The quantitative estimate of drug-likeness (QED) is 0.763. The molecule has 118 valence electrons. The molecule has 0 spiro atoms. The Kier molecular flexibility index (Phi) is 6.02. The molecule has 7 heteroatoms. The first-order valence-electron chi connectivity index (χ1n) is 7.33. The number of aromatic nitrogens is 3. The van der Waals surface area contributed by atoms with Crippen LogP contribution in [0.2, 0.25) is 0 Å². The summed E-state index contributed by atoms with van der Waals surface area (Å²) < 4.78 is 5.13. The van der Waals surface area contributed by atoms with Gasteiger partial charge in [0.25, 0.3) is 0 Å². The number of pyridine rings is 1. The molecular formula is C15H20N4O3. The number of aliphatic hydroxyl groups excluding tert-OH is 1. The number of hydrogen-bond acceptors (Lipinski definition) is 6. The van der Waals surface area contributed by atoms with Gasteiger partial charge in [-0.05, 0) is 31.9 Å². The molecule has 0 aliphatic rings. The third-order valence-corrected chi connectivity index (χ3v) is 3.13. The van der Waals surface area contributed by atoms with Gasteiger partial charge in [0.1, 0.15) is 5.69 Å². The Morgan fingerprint density at radius 3 is 3.05 bits per heavy atom. The van der Waals surface area contributed by atoms with E-state index in [9.17, 15) is 4.79 Å². The van der Waals surface area contributed by atoms with Crippen LogP contribution >= 0.6 is 0 Å². The monoisotopic (exact) mass is 304 g/mol. The third kappa shape index (κ3) is 4.92. The summed E-state index contributed by atoms with van der Waals surface area (Å²) >= 11 is 0. The highest BCUT2D eigenvalue weighted by atomic mass is 16.5. The van der Waals surface area contributed by atoms with Crippen LogP contribution in [-0.2, 0) is 11.2 Å². The minimum absolute atomic E-state index is 0.0476. The molecule has 0 aliphatic carbocycles. The van der Waals surface area contributed by atoms with Crippen molar-refractivity contribution in [3.8, 4) is 11.5 Å². The van der Waals surface area contributed by atoms with Gasteiger partial charge >= 0.3 is 0 Å². The van der Waals surface area contributed by atoms with Crippen LogP contribution in [0.25, 0.3) is 11.5 Å². The molecule has 0 radical (unpaired) electrons. The first-order chi connectivity index (χ1) is 10.7. The Bertz CT molecular complexity index is 585. The van der Waals surface area contributed by atoms with Crippen molar-refractivity contribution in [2.75, 3.05) is 6.61 Å². The van der Waals surface area contributed by atoms with Crippen molar-refractivity contribution in [3.63, 3.8) is 0 Å². The lowest BCUT2D eigenvalue weighted by Crippen LogP contribution is -2.32. The average molecular weight is 304 g/mol. The van der Waals surface area contributed by atoms with Gasteiger partial charge in [-0.1, -0.05) is 11.2 Å². The Morgan fingerprint density at radius 2 is 2.32 bits per heavy atom. The zero-order valence-corrected chi connectivity index (χ0v) is 12.5. The van der Waals surface area contributed by atoms with Gasteiger partial charge in [-0.3, -0.25) is 9.78 Å². The Hall–Kier alpha value is -2.28. The third-order valence-electron chi connectivity index (χ3n) is 3.13. The molecule has 0 aliphatic heterocycles. The van der Waals surface area contributed by atoms with Gasteiger partial charge in [0, 0.05) is 31.7 Å². The number of amides is 1. The van der Waals surface area contributed by atoms with Crippen molar-refractivity contribution in [1.29, 1.82) is 0 Å². The van der Waals surface area contributed by atoms with Crippen LogP contribution in [-0.4, -0.2) is 38.8 Å². The van der Waals surface area contributed by atoms with Crippen LogP contribution in [0.15, 0.2) is 28.9 Å². The molecule has 0 aromatic carbocycles. The molecule has 2 N–H and O–H groups in total. The highest BCUT2D eigenvalue weighted by molar-refractivity contribution is 5.76. The number of carbonyl (C=O) groups excluding carboxylic acids is 1. The SMILES string of the molecule is CC(CCCO)NC(=O)CCc1nc(-c2ccccn2)no1. The van der Waals surface area contributed by atoms with Crippen LogP contribution in [0, 0.1) is 0 Å². The van der Waals surface area contributed by atoms with E-state index in [1.807, 2.05) is 19.1 Å². The van der Waals surface area contributed by atoms with Gasteiger partial charge in [0.05, 0.1) is 0 Å². The van der Waals surface area contributed by atoms with Crippen molar-refractivity contribution < 1.29 is 14.4 Å². The molecule has 22 heavy (non-hydrogen) atoms. The maximum Gasteiger partial charge on any atom is 0.227 e. The Balaban J connectivity index is 1.80. The van der Waals surface area contributed by atoms with E-state index >= 15 is 0 Å². The molecule has 0 saturated heterocycles. The number of aliphatic hydroxyl groups is 1. The second-order valence-corrected chi connectivity index (χ2v) is 5.06. The van der Waals surface area contributed by atoms with Gasteiger partial charge < -0.3 is 14.9 Å². The smallest absolute Gasteiger partial charge is 0.227 e. The normalized spacial score (nSPS) is 12.1. The molecule has 1 atom stereocenters. The number of rotatable bonds is 8. The lowest BCUT2D eigenvalue weighted by Gasteiger charge is -2.12. The maximum atomic E-state index is 11.8. The van der Waals surface area contributed by atoms with Crippen molar-refractivity contribution in [2.45, 2.75) is 38.6 Å². The fourth-order valence-corrected chi connectivity index (χ4v) is 1.99. The first kappa shape index (κ1) is 16.1. The second kappa shape index (κ2) is 8.23. The molecule has 1 amide bonds. The number of nitrogens with one attached hydrogen (secondary N) is 1. The second-order valence-electron chi connectivity index (χ2n) is 5.06. The van der Waals surface area contributed by atoms with Gasteiger partial charge in [0.15, 0.2) is 0 Å². The van der Waals surface area contributed by atoms with Crippen LogP contribution in [0.4, 0.5) is 0 Å². The van der Waals surface area contributed by atoms with Crippen LogP contribution < -0.4 is 5.32 Å². The van der Waals surface area contributed by atoms with E-state index in [0.717, 1.165) is 6.42 Å². The van der Waals surface area contributed by atoms with E-state index in [1.54, 1.807) is 12.3 Å². The summed E-state index contributed by atoms with van der Waals surface area (Å²) in [5.41, 5.74) is 0.638. The van der Waals surface area contributed by atoms with E-state index in [1.165, 1.54) is 0 Å². The zero-order valence-electron chi connectivity index (χ0n) is 12.5. The fraction of sp³-hybridized carbons (Fsp3) is 0.467. The number of carbonyl (C=O) groups is 1. The molecule has 1 unspecified atom stereocenters. The van der Waals surface area contributed by atoms with Crippen molar-refractivity contribution in [1.82, 2.24) is 20.4 Å². The fourth-order valence-electron chi connectivity index (χ4n) is 1.99. The van der Waals surface area contributed by atoms with Gasteiger partial charge in [-0.15, -0.1) is 0 Å². The summed E-state index contributed by atoms with van der Waals surface area (Å²) in [6.45, 7) is 2.05. The Labute approximate surface area is 128 Å². The highest BCUT2D eigenvalue weighted by Gasteiger charge is 2.12. The largest absolute Gasteiger partial charge is 0.396 e. The minimum atomic E-state index is -0.0666. The summed E-state index contributed by atoms with van der Waals surface area (Å²) in [5, 5.41) is 15.5. The van der Waals surface area contributed by atoms with Gasteiger partial charge in [-0.2, -0.15) is 4.98 Å². The van der Waals surface area contributed by atoms with E-state index in [4.69, 9.17) is 9.63 Å². The number of nitrogens with zero attached hydrogens (tertiary/aromatic N) is 3. The standard InChI is InChI=1S/C15H20N4O3/c1-11(5-4-10-20)17-13(21)7-8-14-18-15(19-22-14)12-6-2-3-9-16-12/h2-3,6,9,11,20H,4-5,7-8,10H2,1H3,(H,17,21). The highest BCUT2D eigenvalue weighted by Crippen LogP contribution is 2.12. The summed E-state index contributed by atoms with van der Waals surface area (Å²) in [6.07, 6.45) is 3.77. The number of hydrogen-bond donors (Lipinski definition) is 2. The summed E-state index contributed by atoms with van der Waals surface area (Å²) in [4.78, 5) is 20.2. The topological polar surface area (TPSA) is 101 Å². The molecule has 2 rings (SSSR count). The van der Waals surface area contributed by atoms with E-state index in [-0.39, 0.29) is 25.0 Å².